The summed E-state index contributed by atoms with van der Waals surface area (Å²) < 4.78 is 1.02. The second-order valence-corrected chi connectivity index (χ2v) is 3.64. The number of hydrogen-bond donors (Lipinski definition) is 1. The van der Waals surface area contributed by atoms with Crippen molar-refractivity contribution in [3.63, 3.8) is 0 Å². The largest absolute Gasteiger partial charge is 0.365 e. The molecule has 1 aromatic heterocycles. The lowest BCUT2D eigenvalue weighted by molar-refractivity contribution is 0.699. The standard InChI is InChI=1S/C8H7BrN6/c9-7-3-1-6(2-4-7)5-11-15-8(10)12-13-14-15/h1-5H,(H2,10,12,14)/b11-5-. The first-order valence-electron chi connectivity index (χ1n) is 4.09. The first-order valence-corrected chi connectivity index (χ1v) is 4.89. The minimum absolute atomic E-state index is 0.156. The van der Waals surface area contributed by atoms with E-state index in [2.05, 4.69) is 36.6 Å². The van der Waals surface area contributed by atoms with Crippen LogP contribution in [0.2, 0.25) is 0 Å². The topological polar surface area (TPSA) is 82.0 Å². The summed E-state index contributed by atoms with van der Waals surface area (Å²) in [5.41, 5.74) is 6.37. The molecule has 0 saturated carbocycles. The van der Waals surface area contributed by atoms with Crippen LogP contribution in [-0.4, -0.2) is 26.5 Å². The molecule has 15 heavy (non-hydrogen) atoms. The van der Waals surface area contributed by atoms with Crippen LogP contribution >= 0.6 is 15.9 Å². The third kappa shape index (κ3) is 2.38. The van der Waals surface area contributed by atoms with Crippen LogP contribution < -0.4 is 5.73 Å². The lowest BCUT2D eigenvalue weighted by atomic mass is 10.2. The molecule has 2 rings (SSSR count). The number of anilines is 1. The minimum atomic E-state index is 0.156. The van der Waals surface area contributed by atoms with Crippen LogP contribution in [0, 0.1) is 0 Å². The second kappa shape index (κ2) is 4.18. The van der Waals surface area contributed by atoms with Crippen LogP contribution in [0.1, 0.15) is 5.56 Å². The smallest absolute Gasteiger partial charge is 0.263 e. The number of benzene rings is 1. The molecule has 0 bridgehead atoms. The van der Waals surface area contributed by atoms with E-state index in [9.17, 15) is 0 Å². The summed E-state index contributed by atoms with van der Waals surface area (Å²) >= 11 is 3.34. The van der Waals surface area contributed by atoms with Crippen LogP contribution in [0.15, 0.2) is 33.8 Å². The zero-order chi connectivity index (χ0) is 10.7. The van der Waals surface area contributed by atoms with E-state index < -0.39 is 0 Å². The molecule has 0 aliphatic rings. The average molecular weight is 267 g/mol. The number of tetrazole rings is 1. The molecule has 0 unspecified atom stereocenters. The lowest BCUT2D eigenvalue weighted by Gasteiger charge is -1.93. The van der Waals surface area contributed by atoms with Crippen LogP contribution in [0.25, 0.3) is 0 Å². The highest BCUT2D eigenvalue weighted by Gasteiger charge is 1.96. The Kier molecular flexibility index (Phi) is 2.72. The lowest BCUT2D eigenvalue weighted by Crippen LogP contribution is -1.99. The Balaban J connectivity index is 2.19. The van der Waals surface area contributed by atoms with Gasteiger partial charge in [0, 0.05) is 4.47 Å². The molecular weight excluding hydrogens is 260 g/mol. The molecule has 7 heteroatoms. The SMILES string of the molecule is Nc1nnnn1/N=C\c1ccc(Br)cc1. The molecule has 1 heterocycles. The fourth-order valence-corrected chi connectivity index (χ4v) is 1.21. The molecule has 2 N–H and O–H groups in total. The maximum atomic E-state index is 5.43. The Hall–Kier alpha value is -1.76. The minimum Gasteiger partial charge on any atom is -0.365 e. The fraction of sp³-hybridized carbons (Fsp3) is 0. The van der Waals surface area contributed by atoms with Gasteiger partial charge in [0.2, 0.25) is 0 Å². The van der Waals surface area contributed by atoms with E-state index in [1.54, 1.807) is 6.21 Å². The Labute approximate surface area is 93.9 Å². The first-order chi connectivity index (χ1) is 7.25. The van der Waals surface area contributed by atoms with Crippen molar-refractivity contribution in [3.05, 3.63) is 34.3 Å². The molecule has 0 aliphatic heterocycles. The fourth-order valence-electron chi connectivity index (χ4n) is 0.942. The number of nitrogen functional groups attached to an aromatic ring is 1. The monoisotopic (exact) mass is 266 g/mol. The maximum Gasteiger partial charge on any atom is 0.263 e. The number of nitrogens with zero attached hydrogens (tertiary/aromatic N) is 5. The number of hydrogen-bond acceptors (Lipinski definition) is 5. The van der Waals surface area contributed by atoms with Gasteiger partial charge in [0.15, 0.2) is 0 Å². The summed E-state index contributed by atoms with van der Waals surface area (Å²) in [6, 6.07) is 7.66. The predicted octanol–water partition coefficient (Wildman–Crippen LogP) is 0.900. The van der Waals surface area contributed by atoms with E-state index in [0.29, 0.717) is 0 Å². The summed E-state index contributed by atoms with van der Waals surface area (Å²) in [5.74, 6) is 0.156. The Morgan fingerprint density at radius 1 is 1.33 bits per heavy atom. The highest BCUT2D eigenvalue weighted by Crippen LogP contribution is 2.09. The van der Waals surface area contributed by atoms with Crippen molar-refractivity contribution in [2.45, 2.75) is 0 Å². The van der Waals surface area contributed by atoms with Crippen LogP contribution in [-0.2, 0) is 0 Å². The zero-order valence-corrected chi connectivity index (χ0v) is 9.16. The van der Waals surface area contributed by atoms with Gasteiger partial charge in [-0.1, -0.05) is 38.0 Å². The normalized spacial score (nSPS) is 11.0. The molecule has 0 fully saturated rings. The summed E-state index contributed by atoms with van der Waals surface area (Å²) in [7, 11) is 0. The van der Waals surface area contributed by atoms with Gasteiger partial charge in [-0.3, -0.25) is 0 Å². The molecule has 76 valence electrons. The molecule has 1 aromatic carbocycles. The van der Waals surface area contributed by atoms with Crippen molar-refractivity contribution in [1.82, 2.24) is 20.3 Å². The molecule has 2 aromatic rings. The predicted molar refractivity (Wildman–Crippen MR) is 59.4 cm³/mol. The van der Waals surface area contributed by atoms with E-state index >= 15 is 0 Å². The van der Waals surface area contributed by atoms with Gasteiger partial charge < -0.3 is 5.73 Å². The maximum absolute atomic E-state index is 5.43. The van der Waals surface area contributed by atoms with Gasteiger partial charge in [-0.15, -0.1) is 0 Å². The van der Waals surface area contributed by atoms with Crippen LogP contribution in [0.4, 0.5) is 5.95 Å². The van der Waals surface area contributed by atoms with Crippen molar-refractivity contribution in [3.8, 4) is 0 Å². The van der Waals surface area contributed by atoms with Crippen molar-refractivity contribution in [1.29, 1.82) is 0 Å². The van der Waals surface area contributed by atoms with Gasteiger partial charge in [-0.2, -0.15) is 5.10 Å². The molecule has 0 aliphatic carbocycles. The van der Waals surface area contributed by atoms with E-state index in [-0.39, 0.29) is 5.95 Å². The average Bonchev–Trinajstić information content (AvgIpc) is 2.63. The molecule has 0 spiro atoms. The molecule has 0 saturated heterocycles. The highest BCUT2D eigenvalue weighted by atomic mass is 79.9. The van der Waals surface area contributed by atoms with E-state index in [4.69, 9.17) is 5.73 Å². The van der Waals surface area contributed by atoms with Gasteiger partial charge in [-0.25, -0.2) is 0 Å². The van der Waals surface area contributed by atoms with Crippen LogP contribution in [0.5, 0.6) is 0 Å². The van der Waals surface area contributed by atoms with Gasteiger partial charge in [0.25, 0.3) is 5.95 Å². The summed E-state index contributed by atoms with van der Waals surface area (Å²) in [6.45, 7) is 0. The van der Waals surface area contributed by atoms with E-state index in [1.807, 2.05) is 24.3 Å². The summed E-state index contributed by atoms with van der Waals surface area (Å²) in [5, 5.41) is 14.4. The van der Waals surface area contributed by atoms with E-state index in [0.717, 1.165) is 14.8 Å². The molecule has 0 radical (unpaired) electrons. The second-order valence-electron chi connectivity index (χ2n) is 2.72. The third-order valence-corrected chi connectivity index (χ3v) is 2.19. The summed E-state index contributed by atoms with van der Waals surface area (Å²) in [6.07, 6.45) is 1.62. The van der Waals surface area contributed by atoms with Crippen molar-refractivity contribution in [2.75, 3.05) is 5.73 Å². The highest BCUT2D eigenvalue weighted by molar-refractivity contribution is 9.10. The molecular formula is C8H7BrN6. The number of nitrogens with two attached hydrogens (primary N) is 1. The number of aromatic nitrogens is 4. The summed E-state index contributed by atoms with van der Waals surface area (Å²) in [4.78, 5) is 1.15. The number of halogens is 1. The quantitative estimate of drug-likeness (QED) is 0.819. The van der Waals surface area contributed by atoms with Gasteiger partial charge >= 0.3 is 0 Å². The Morgan fingerprint density at radius 3 is 2.67 bits per heavy atom. The van der Waals surface area contributed by atoms with E-state index in [1.165, 1.54) is 0 Å². The first kappa shape index (κ1) is 9.78. The van der Waals surface area contributed by atoms with Crippen LogP contribution in [0.3, 0.4) is 0 Å². The zero-order valence-electron chi connectivity index (χ0n) is 7.58. The van der Waals surface area contributed by atoms with Gasteiger partial charge in [0.05, 0.1) is 6.21 Å². The van der Waals surface area contributed by atoms with Gasteiger partial charge in [-0.05, 0) is 28.1 Å². The Bertz CT molecular complexity index is 474. The Morgan fingerprint density at radius 2 is 2.07 bits per heavy atom. The van der Waals surface area contributed by atoms with Gasteiger partial charge in [0.1, 0.15) is 0 Å². The molecule has 0 amide bonds. The van der Waals surface area contributed by atoms with Crippen molar-refractivity contribution >= 4 is 28.1 Å². The number of rotatable bonds is 2. The molecule has 0 atom stereocenters. The van der Waals surface area contributed by atoms with Crippen molar-refractivity contribution in [2.24, 2.45) is 5.10 Å². The third-order valence-electron chi connectivity index (χ3n) is 1.66. The van der Waals surface area contributed by atoms with Crippen molar-refractivity contribution < 1.29 is 0 Å². The molecule has 6 nitrogen and oxygen atoms in total.